The predicted octanol–water partition coefficient (Wildman–Crippen LogP) is 2.06. The number of aliphatic hydroxyl groups is 1. The Morgan fingerprint density at radius 1 is 1.52 bits per heavy atom. The van der Waals surface area contributed by atoms with Crippen LogP contribution in [0.25, 0.3) is 0 Å². The van der Waals surface area contributed by atoms with E-state index in [9.17, 15) is 4.79 Å². The molecule has 5 nitrogen and oxygen atoms in total. The van der Waals surface area contributed by atoms with E-state index in [1.54, 1.807) is 0 Å². The number of hydrogen-bond acceptors (Lipinski definition) is 4. The molecule has 1 saturated carbocycles. The van der Waals surface area contributed by atoms with Crippen LogP contribution in [-0.2, 0) is 16.8 Å². The summed E-state index contributed by atoms with van der Waals surface area (Å²) in [7, 11) is 0. The number of H-pyrrole nitrogens is 1. The summed E-state index contributed by atoms with van der Waals surface area (Å²) in [5.74, 6) is 1.22. The van der Waals surface area contributed by atoms with Crippen molar-refractivity contribution in [2.24, 2.45) is 5.92 Å². The van der Waals surface area contributed by atoms with Gasteiger partial charge in [0.25, 0.3) is 5.56 Å². The number of hydrogen-bond donors (Lipinski definition) is 2. The molecule has 1 aliphatic carbocycles. The van der Waals surface area contributed by atoms with Gasteiger partial charge in [0.15, 0.2) is 0 Å². The third kappa shape index (κ3) is 3.35. The van der Waals surface area contributed by atoms with Crippen LogP contribution < -0.4 is 5.56 Å². The number of aromatic amines is 1. The van der Waals surface area contributed by atoms with Crippen LogP contribution >= 0.6 is 0 Å². The van der Waals surface area contributed by atoms with E-state index < -0.39 is 5.60 Å². The highest BCUT2D eigenvalue weighted by atomic mass is 16.5. The molecule has 0 radical (unpaired) electrons. The molecule has 0 aliphatic heterocycles. The van der Waals surface area contributed by atoms with Crippen molar-refractivity contribution in [3.05, 3.63) is 27.4 Å². The summed E-state index contributed by atoms with van der Waals surface area (Å²) in [6.45, 7) is 6.59. The highest BCUT2D eigenvalue weighted by Crippen LogP contribution is 2.41. The third-order valence-electron chi connectivity index (χ3n) is 4.39. The Balaban J connectivity index is 2.44. The van der Waals surface area contributed by atoms with E-state index in [0.29, 0.717) is 36.0 Å². The molecule has 2 N–H and O–H groups in total. The van der Waals surface area contributed by atoms with E-state index in [4.69, 9.17) is 9.84 Å². The number of aliphatic hydroxyl groups excluding tert-OH is 1. The van der Waals surface area contributed by atoms with Crippen LogP contribution in [0.1, 0.15) is 56.6 Å². The van der Waals surface area contributed by atoms with Crippen molar-refractivity contribution in [3.8, 4) is 0 Å². The SMILES string of the molecule is CCOC1(c2nc(C)c(CCO)c(=O)[nH]2)CCCC(C)C1. The molecular weight excluding hydrogens is 268 g/mol. The van der Waals surface area contributed by atoms with Gasteiger partial charge in [-0.2, -0.15) is 0 Å². The standard InChI is InChI=1S/C16H26N2O3/c1-4-21-16(8-5-6-11(2)10-16)15-17-12(3)13(7-9-19)14(20)18-15/h11,19H,4-10H2,1-3H3,(H,17,18,20). The molecule has 1 fully saturated rings. The second kappa shape index (κ2) is 6.71. The largest absolute Gasteiger partial charge is 0.396 e. The Morgan fingerprint density at radius 3 is 2.86 bits per heavy atom. The van der Waals surface area contributed by atoms with E-state index in [0.717, 1.165) is 19.3 Å². The lowest BCUT2D eigenvalue weighted by Crippen LogP contribution is -2.39. The van der Waals surface area contributed by atoms with Crippen LogP contribution in [0.3, 0.4) is 0 Å². The van der Waals surface area contributed by atoms with Crippen LogP contribution in [0.5, 0.6) is 0 Å². The zero-order valence-electron chi connectivity index (χ0n) is 13.2. The summed E-state index contributed by atoms with van der Waals surface area (Å²) >= 11 is 0. The van der Waals surface area contributed by atoms with Crippen molar-refractivity contribution in [2.45, 2.75) is 58.5 Å². The number of nitrogens with one attached hydrogen (secondary N) is 1. The second-order valence-electron chi connectivity index (χ2n) is 6.08. The third-order valence-corrected chi connectivity index (χ3v) is 4.39. The van der Waals surface area contributed by atoms with Gasteiger partial charge in [0, 0.05) is 30.9 Å². The zero-order chi connectivity index (χ0) is 15.5. The van der Waals surface area contributed by atoms with Crippen molar-refractivity contribution in [1.82, 2.24) is 9.97 Å². The van der Waals surface area contributed by atoms with Crippen LogP contribution in [0.4, 0.5) is 0 Å². The number of nitrogens with zero attached hydrogens (tertiary/aromatic N) is 1. The number of ether oxygens (including phenoxy) is 1. The Morgan fingerprint density at radius 2 is 2.29 bits per heavy atom. The molecule has 0 bridgehead atoms. The van der Waals surface area contributed by atoms with Gasteiger partial charge in [0.1, 0.15) is 11.4 Å². The minimum Gasteiger partial charge on any atom is -0.396 e. The minimum atomic E-state index is -0.464. The molecule has 0 saturated heterocycles. The zero-order valence-corrected chi connectivity index (χ0v) is 13.2. The maximum absolute atomic E-state index is 12.3. The van der Waals surface area contributed by atoms with Crippen molar-refractivity contribution in [3.63, 3.8) is 0 Å². The first-order valence-electron chi connectivity index (χ1n) is 7.87. The summed E-state index contributed by atoms with van der Waals surface area (Å²) in [4.78, 5) is 19.8. The van der Waals surface area contributed by atoms with E-state index in [-0.39, 0.29) is 12.2 Å². The molecule has 118 valence electrons. The summed E-state index contributed by atoms with van der Waals surface area (Å²) in [6, 6.07) is 0. The molecule has 0 spiro atoms. The fourth-order valence-electron chi connectivity index (χ4n) is 3.43. The molecule has 1 aliphatic rings. The maximum atomic E-state index is 12.3. The fourth-order valence-corrected chi connectivity index (χ4v) is 3.43. The van der Waals surface area contributed by atoms with Crippen molar-refractivity contribution >= 4 is 0 Å². The quantitative estimate of drug-likeness (QED) is 0.871. The van der Waals surface area contributed by atoms with E-state index in [1.165, 1.54) is 6.42 Å². The van der Waals surface area contributed by atoms with Crippen molar-refractivity contribution < 1.29 is 9.84 Å². The van der Waals surface area contributed by atoms with Crippen molar-refractivity contribution in [1.29, 1.82) is 0 Å². The second-order valence-corrected chi connectivity index (χ2v) is 6.08. The molecule has 2 unspecified atom stereocenters. The van der Waals surface area contributed by atoms with Crippen LogP contribution in [0.2, 0.25) is 0 Å². The lowest BCUT2D eigenvalue weighted by atomic mass is 9.78. The fraction of sp³-hybridized carbons (Fsp3) is 0.750. The first-order valence-corrected chi connectivity index (χ1v) is 7.87. The van der Waals surface area contributed by atoms with Crippen LogP contribution in [0, 0.1) is 12.8 Å². The average Bonchev–Trinajstić information content (AvgIpc) is 2.43. The van der Waals surface area contributed by atoms with Crippen LogP contribution in [-0.4, -0.2) is 28.3 Å². The smallest absolute Gasteiger partial charge is 0.254 e. The molecule has 0 amide bonds. The lowest BCUT2D eigenvalue weighted by Gasteiger charge is -2.39. The number of aryl methyl sites for hydroxylation is 1. The summed E-state index contributed by atoms with van der Waals surface area (Å²) in [5, 5.41) is 9.05. The summed E-state index contributed by atoms with van der Waals surface area (Å²) in [5.41, 5.74) is 0.648. The molecule has 1 aromatic heterocycles. The predicted molar refractivity (Wildman–Crippen MR) is 81.3 cm³/mol. The van der Waals surface area contributed by atoms with Gasteiger partial charge in [-0.3, -0.25) is 4.79 Å². The van der Waals surface area contributed by atoms with Crippen molar-refractivity contribution in [2.75, 3.05) is 13.2 Å². The maximum Gasteiger partial charge on any atom is 0.254 e. The lowest BCUT2D eigenvalue weighted by molar-refractivity contribution is -0.0883. The van der Waals surface area contributed by atoms with Gasteiger partial charge in [0.2, 0.25) is 0 Å². The Labute approximate surface area is 125 Å². The monoisotopic (exact) mass is 294 g/mol. The van der Waals surface area contributed by atoms with Gasteiger partial charge in [-0.25, -0.2) is 4.98 Å². The number of rotatable bonds is 5. The molecular formula is C16H26N2O3. The van der Waals surface area contributed by atoms with Gasteiger partial charge in [-0.15, -0.1) is 0 Å². The van der Waals surface area contributed by atoms with Gasteiger partial charge in [0.05, 0.1) is 0 Å². The molecule has 1 aromatic rings. The molecule has 2 rings (SSSR count). The number of aromatic nitrogens is 2. The molecule has 1 heterocycles. The Hall–Kier alpha value is -1.20. The van der Waals surface area contributed by atoms with Gasteiger partial charge in [-0.1, -0.05) is 13.3 Å². The molecule has 21 heavy (non-hydrogen) atoms. The summed E-state index contributed by atoms with van der Waals surface area (Å²) in [6.07, 6.45) is 4.41. The molecule has 2 atom stereocenters. The van der Waals surface area contributed by atoms with E-state index in [2.05, 4.69) is 16.9 Å². The van der Waals surface area contributed by atoms with Gasteiger partial charge < -0.3 is 14.8 Å². The van der Waals surface area contributed by atoms with Gasteiger partial charge >= 0.3 is 0 Å². The van der Waals surface area contributed by atoms with Gasteiger partial charge in [-0.05, 0) is 39.0 Å². The first kappa shape index (κ1) is 16.2. The highest BCUT2D eigenvalue weighted by molar-refractivity contribution is 5.19. The highest BCUT2D eigenvalue weighted by Gasteiger charge is 2.40. The van der Waals surface area contributed by atoms with E-state index in [1.807, 2.05) is 13.8 Å². The minimum absolute atomic E-state index is 0.0431. The first-order chi connectivity index (χ1) is 10.0. The normalized spacial score (nSPS) is 26.0. The Kier molecular flexibility index (Phi) is 5.17. The van der Waals surface area contributed by atoms with E-state index >= 15 is 0 Å². The molecule has 5 heteroatoms. The summed E-state index contributed by atoms with van der Waals surface area (Å²) < 4.78 is 6.05. The topological polar surface area (TPSA) is 75.2 Å². The molecule has 0 aromatic carbocycles. The Bertz CT molecular complexity index is 537. The average molecular weight is 294 g/mol. The van der Waals surface area contributed by atoms with Crippen LogP contribution in [0.15, 0.2) is 4.79 Å².